The molecule has 0 amide bonds. The van der Waals surface area contributed by atoms with Gasteiger partial charge in [0, 0.05) is 12.1 Å². The maximum Gasteiger partial charge on any atom is 0.328 e. The summed E-state index contributed by atoms with van der Waals surface area (Å²) < 4.78 is 55.4. The van der Waals surface area contributed by atoms with Crippen LogP contribution >= 0.6 is 0 Å². The van der Waals surface area contributed by atoms with Crippen LogP contribution in [-0.2, 0) is 24.7 Å². The molecule has 10 heteroatoms. The molecule has 2 N–H and O–H groups in total. The SMILES string of the molecule is COc1ccc(/C=C/C(=O)O)cc1S(=O)(=O)N[C@@H]1CCS(=O)(=O)C1. The Morgan fingerprint density at radius 1 is 1.42 bits per heavy atom. The van der Waals surface area contributed by atoms with Gasteiger partial charge in [-0.1, -0.05) is 6.07 Å². The monoisotopic (exact) mass is 375 g/mol. The number of carboxylic acid groups (broad SMARTS) is 1. The first-order chi connectivity index (χ1) is 11.1. The molecule has 0 aromatic heterocycles. The molecule has 1 heterocycles. The lowest BCUT2D eigenvalue weighted by molar-refractivity contribution is -0.131. The first kappa shape index (κ1) is 18.4. The van der Waals surface area contributed by atoms with Crippen LogP contribution in [0.3, 0.4) is 0 Å². The highest BCUT2D eigenvalue weighted by molar-refractivity contribution is 7.92. The molecule has 0 spiro atoms. The highest BCUT2D eigenvalue weighted by Crippen LogP contribution is 2.26. The van der Waals surface area contributed by atoms with Crippen LogP contribution in [0.2, 0.25) is 0 Å². The van der Waals surface area contributed by atoms with Gasteiger partial charge in [-0.25, -0.2) is 26.4 Å². The van der Waals surface area contributed by atoms with Crippen molar-refractivity contribution in [1.82, 2.24) is 4.72 Å². The third kappa shape index (κ3) is 4.56. The molecule has 2 rings (SSSR count). The Bertz CT molecular complexity index is 872. The van der Waals surface area contributed by atoms with Crippen molar-refractivity contribution in [1.29, 1.82) is 0 Å². The molecule has 24 heavy (non-hydrogen) atoms. The first-order valence-electron chi connectivity index (χ1n) is 6.95. The molecule has 1 saturated heterocycles. The summed E-state index contributed by atoms with van der Waals surface area (Å²) in [6.45, 7) is 0. The van der Waals surface area contributed by atoms with E-state index in [1.807, 2.05) is 0 Å². The molecule has 0 saturated carbocycles. The second kappa shape index (κ2) is 6.91. The van der Waals surface area contributed by atoms with Gasteiger partial charge < -0.3 is 9.84 Å². The van der Waals surface area contributed by atoms with E-state index in [0.717, 1.165) is 6.08 Å². The Balaban J connectivity index is 2.33. The number of methoxy groups -OCH3 is 1. The van der Waals surface area contributed by atoms with Gasteiger partial charge in [0.2, 0.25) is 10.0 Å². The van der Waals surface area contributed by atoms with Crippen LogP contribution in [0, 0.1) is 0 Å². The normalized spacial score (nSPS) is 20.3. The van der Waals surface area contributed by atoms with E-state index in [0.29, 0.717) is 5.56 Å². The smallest absolute Gasteiger partial charge is 0.328 e. The fourth-order valence-electron chi connectivity index (χ4n) is 2.35. The lowest BCUT2D eigenvalue weighted by Gasteiger charge is -2.14. The Hall–Kier alpha value is -1.91. The van der Waals surface area contributed by atoms with E-state index >= 15 is 0 Å². The van der Waals surface area contributed by atoms with Gasteiger partial charge in [-0.05, 0) is 30.2 Å². The summed E-state index contributed by atoms with van der Waals surface area (Å²) in [6.07, 6.45) is 2.35. The molecule has 1 aliphatic rings. The van der Waals surface area contributed by atoms with Crippen LogP contribution in [0.25, 0.3) is 6.08 Å². The number of hydrogen-bond acceptors (Lipinski definition) is 6. The molecule has 132 valence electrons. The third-order valence-corrected chi connectivity index (χ3v) is 6.76. The molecule has 0 aliphatic carbocycles. The van der Waals surface area contributed by atoms with Gasteiger partial charge >= 0.3 is 5.97 Å². The number of ether oxygens (including phenoxy) is 1. The van der Waals surface area contributed by atoms with E-state index < -0.39 is 31.9 Å². The maximum atomic E-state index is 12.5. The number of hydrogen-bond donors (Lipinski definition) is 2. The summed E-state index contributed by atoms with van der Waals surface area (Å²) in [5, 5.41) is 8.64. The minimum absolute atomic E-state index is 0.0568. The van der Waals surface area contributed by atoms with Crippen LogP contribution in [0.1, 0.15) is 12.0 Å². The van der Waals surface area contributed by atoms with E-state index in [1.54, 1.807) is 0 Å². The quantitative estimate of drug-likeness (QED) is 0.683. The van der Waals surface area contributed by atoms with Crippen LogP contribution in [0.5, 0.6) is 5.75 Å². The van der Waals surface area contributed by atoms with E-state index in [2.05, 4.69) is 4.72 Å². The van der Waals surface area contributed by atoms with Gasteiger partial charge in [0.1, 0.15) is 10.6 Å². The van der Waals surface area contributed by atoms with Crippen molar-refractivity contribution in [2.24, 2.45) is 0 Å². The molecule has 0 radical (unpaired) electrons. The number of sulfonamides is 1. The topological polar surface area (TPSA) is 127 Å². The average molecular weight is 375 g/mol. The lowest BCUT2D eigenvalue weighted by Crippen LogP contribution is -2.35. The van der Waals surface area contributed by atoms with Crippen LogP contribution < -0.4 is 9.46 Å². The molecule has 0 unspecified atom stereocenters. The molecule has 1 aromatic carbocycles. The molecular weight excluding hydrogens is 358 g/mol. The summed E-state index contributed by atoms with van der Waals surface area (Å²) in [5.41, 5.74) is 0.359. The highest BCUT2D eigenvalue weighted by atomic mass is 32.2. The average Bonchev–Trinajstić information content (AvgIpc) is 2.83. The van der Waals surface area contributed by atoms with E-state index in [9.17, 15) is 21.6 Å². The van der Waals surface area contributed by atoms with E-state index in [-0.39, 0.29) is 28.6 Å². The van der Waals surface area contributed by atoms with Gasteiger partial charge in [0.05, 0.1) is 18.6 Å². The fraction of sp³-hybridized carbons (Fsp3) is 0.357. The lowest BCUT2D eigenvalue weighted by atomic mass is 10.2. The number of benzene rings is 1. The van der Waals surface area contributed by atoms with Crippen molar-refractivity contribution < 1.29 is 31.5 Å². The number of aliphatic carboxylic acids is 1. The molecule has 1 fully saturated rings. The van der Waals surface area contributed by atoms with Gasteiger partial charge in [-0.15, -0.1) is 0 Å². The zero-order chi connectivity index (χ0) is 18.0. The Kier molecular flexibility index (Phi) is 5.31. The zero-order valence-corrected chi connectivity index (χ0v) is 14.4. The molecular formula is C14H17NO7S2. The van der Waals surface area contributed by atoms with Crippen molar-refractivity contribution in [2.75, 3.05) is 18.6 Å². The zero-order valence-electron chi connectivity index (χ0n) is 12.8. The Morgan fingerprint density at radius 2 is 2.12 bits per heavy atom. The third-order valence-electron chi connectivity index (χ3n) is 3.45. The summed E-state index contributed by atoms with van der Waals surface area (Å²) in [7, 11) is -5.94. The second-order valence-corrected chi connectivity index (χ2v) is 9.21. The van der Waals surface area contributed by atoms with Crippen molar-refractivity contribution in [3.8, 4) is 5.75 Å². The number of rotatable bonds is 6. The summed E-state index contributed by atoms with van der Waals surface area (Å²) in [5.74, 6) is -1.38. The summed E-state index contributed by atoms with van der Waals surface area (Å²) in [4.78, 5) is 10.4. The molecule has 1 aromatic rings. The van der Waals surface area contributed by atoms with E-state index in [4.69, 9.17) is 9.84 Å². The van der Waals surface area contributed by atoms with E-state index in [1.165, 1.54) is 31.4 Å². The predicted octanol–water partition coefficient (Wildman–Crippen LogP) is 0.258. The largest absolute Gasteiger partial charge is 0.495 e. The van der Waals surface area contributed by atoms with Gasteiger partial charge in [-0.2, -0.15) is 0 Å². The maximum absolute atomic E-state index is 12.5. The Morgan fingerprint density at radius 3 is 2.67 bits per heavy atom. The van der Waals surface area contributed by atoms with Crippen LogP contribution in [-0.4, -0.2) is 52.6 Å². The predicted molar refractivity (Wildman–Crippen MR) is 87.0 cm³/mol. The van der Waals surface area contributed by atoms with Crippen molar-refractivity contribution in [3.05, 3.63) is 29.8 Å². The van der Waals surface area contributed by atoms with Crippen LogP contribution in [0.15, 0.2) is 29.2 Å². The van der Waals surface area contributed by atoms with Crippen molar-refractivity contribution >= 4 is 31.9 Å². The minimum atomic E-state index is -4.02. The summed E-state index contributed by atoms with van der Waals surface area (Å²) >= 11 is 0. The molecule has 0 bridgehead atoms. The number of sulfone groups is 1. The van der Waals surface area contributed by atoms with Crippen molar-refractivity contribution in [2.45, 2.75) is 17.4 Å². The minimum Gasteiger partial charge on any atom is -0.495 e. The summed E-state index contributed by atoms with van der Waals surface area (Å²) in [6, 6.07) is 3.49. The Labute approximate surface area is 140 Å². The number of carbonyl (C=O) groups is 1. The second-order valence-electron chi connectivity index (χ2n) is 5.30. The molecule has 1 atom stereocenters. The van der Waals surface area contributed by atoms with Gasteiger partial charge in [0.15, 0.2) is 9.84 Å². The molecule has 1 aliphatic heterocycles. The fourth-order valence-corrected chi connectivity index (χ4v) is 5.60. The van der Waals surface area contributed by atoms with Crippen molar-refractivity contribution in [3.63, 3.8) is 0 Å². The first-order valence-corrected chi connectivity index (χ1v) is 10.3. The standard InChI is InChI=1S/C14H17NO7S2/c1-22-12-4-2-10(3-5-14(16)17)8-13(12)24(20,21)15-11-6-7-23(18,19)9-11/h2-5,8,11,15H,6-7,9H2,1H3,(H,16,17)/b5-3+/t11-/m1/s1. The number of nitrogens with one attached hydrogen (secondary N) is 1. The molecule has 8 nitrogen and oxygen atoms in total. The van der Waals surface area contributed by atoms with Crippen LogP contribution in [0.4, 0.5) is 0 Å². The highest BCUT2D eigenvalue weighted by Gasteiger charge is 2.32. The number of carboxylic acids is 1. The van der Waals surface area contributed by atoms with Gasteiger partial charge in [0.25, 0.3) is 0 Å². The van der Waals surface area contributed by atoms with Gasteiger partial charge in [-0.3, -0.25) is 0 Å².